The maximum atomic E-state index is 2.44. The summed E-state index contributed by atoms with van der Waals surface area (Å²) in [5, 5.41) is 7.42. The molecular formula is C44H30N2. The molecule has 0 atom stereocenters. The molecule has 0 saturated carbocycles. The van der Waals surface area contributed by atoms with E-state index in [9.17, 15) is 0 Å². The van der Waals surface area contributed by atoms with E-state index in [1.54, 1.807) is 0 Å². The average Bonchev–Trinajstić information content (AvgIpc) is 3.45. The van der Waals surface area contributed by atoms with Crippen LogP contribution in [0.5, 0.6) is 0 Å². The molecule has 0 bridgehead atoms. The van der Waals surface area contributed by atoms with Gasteiger partial charge in [-0.2, -0.15) is 0 Å². The predicted molar refractivity (Wildman–Crippen MR) is 196 cm³/mol. The van der Waals surface area contributed by atoms with Gasteiger partial charge in [-0.1, -0.05) is 127 Å². The first-order valence-electron chi connectivity index (χ1n) is 15.8. The van der Waals surface area contributed by atoms with Gasteiger partial charge < -0.3 is 9.47 Å². The van der Waals surface area contributed by atoms with Crippen molar-refractivity contribution in [3.05, 3.63) is 182 Å². The number of benzene rings is 8. The van der Waals surface area contributed by atoms with Crippen LogP contribution < -0.4 is 4.90 Å². The fourth-order valence-corrected chi connectivity index (χ4v) is 6.96. The second-order valence-corrected chi connectivity index (χ2v) is 11.8. The number of anilines is 3. The molecule has 0 N–H and O–H groups in total. The minimum Gasteiger partial charge on any atom is -0.310 e. The zero-order valence-corrected chi connectivity index (χ0v) is 25.2. The Labute approximate surface area is 268 Å². The monoisotopic (exact) mass is 586 g/mol. The van der Waals surface area contributed by atoms with E-state index in [2.05, 4.69) is 191 Å². The fourth-order valence-electron chi connectivity index (χ4n) is 6.96. The Morgan fingerprint density at radius 3 is 1.67 bits per heavy atom. The third kappa shape index (κ3) is 4.35. The first kappa shape index (κ1) is 26.3. The molecule has 46 heavy (non-hydrogen) atoms. The summed E-state index contributed by atoms with van der Waals surface area (Å²) in [4.78, 5) is 2.39. The van der Waals surface area contributed by atoms with Crippen LogP contribution in [0, 0.1) is 0 Å². The lowest BCUT2D eigenvalue weighted by molar-refractivity contribution is 1.18. The van der Waals surface area contributed by atoms with Gasteiger partial charge in [0.1, 0.15) is 0 Å². The van der Waals surface area contributed by atoms with Gasteiger partial charge in [-0.25, -0.2) is 0 Å². The van der Waals surface area contributed by atoms with Gasteiger partial charge in [-0.3, -0.25) is 0 Å². The Morgan fingerprint density at radius 2 is 0.913 bits per heavy atom. The van der Waals surface area contributed by atoms with Gasteiger partial charge in [0.2, 0.25) is 0 Å². The molecule has 0 aliphatic carbocycles. The summed E-state index contributed by atoms with van der Waals surface area (Å²) in [6.45, 7) is 0. The van der Waals surface area contributed by atoms with Crippen molar-refractivity contribution in [2.24, 2.45) is 0 Å². The third-order valence-corrected chi connectivity index (χ3v) is 9.11. The van der Waals surface area contributed by atoms with Crippen LogP contribution in [-0.2, 0) is 0 Å². The molecular weight excluding hydrogens is 556 g/mol. The van der Waals surface area contributed by atoms with E-state index in [0.717, 1.165) is 22.7 Å². The summed E-state index contributed by atoms with van der Waals surface area (Å²) in [5.74, 6) is 0. The molecule has 216 valence electrons. The summed E-state index contributed by atoms with van der Waals surface area (Å²) in [6.07, 6.45) is 0. The van der Waals surface area contributed by atoms with Crippen molar-refractivity contribution in [2.75, 3.05) is 4.90 Å². The maximum absolute atomic E-state index is 2.44. The van der Waals surface area contributed by atoms with Crippen LogP contribution in [0.3, 0.4) is 0 Å². The van der Waals surface area contributed by atoms with Crippen LogP contribution in [0.15, 0.2) is 182 Å². The highest BCUT2D eigenvalue weighted by Crippen LogP contribution is 2.42. The molecule has 2 nitrogen and oxygen atoms in total. The fraction of sp³-hybridized carbons (Fsp3) is 0. The second-order valence-electron chi connectivity index (χ2n) is 11.8. The van der Waals surface area contributed by atoms with E-state index in [1.165, 1.54) is 54.5 Å². The van der Waals surface area contributed by atoms with E-state index in [-0.39, 0.29) is 0 Å². The molecule has 0 spiro atoms. The summed E-state index contributed by atoms with van der Waals surface area (Å²) in [6, 6.07) is 65.8. The Hall–Kier alpha value is -6.12. The van der Waals surface area contributed by atoms with E-state index in [1.807, 2.05) is 0 Å². The quantitative estimate of drug-likeness (QED) is 0.195. The molecule has 8 aromatic carbocycles. The van der Waals surface area contributed by atoms with Crippen molar-refractivity contribution in [3.63, 3.8) is 0 Å². The van der Waals surface area contributed by atoms with Crippen molar-refractivity contribution in [1.82, 2.24) is 4.57 Å². The molecule has 0 unspecified atom stereocenters. The minimum atomic E-state index is 1.11. The predicted octanol–water partition coefficient (Wildman–Crippen LogP) is 12.2. The lowest BCUT2D eigenvalue weighted by atomic mass is 10.0. The third-order valence-electron chi connectivity index (χ3n) is 9.11. The van der Waals surface area contributed by atoms with Crippen LogP contribution in [0.4, 0.5) is 17.1 Å². The Bertz CT molecular complexity index is 2510. The molecule has 1 aromatic heterocycles. The van der Waals surface area contributed by atoms with Gasteiger partial charge in [0.05, 0.1) is 16.7 Å². The zero-order valence-electron chi connectivity index (χ0n) is 25.2. The van der Waals surface area contributed by atoms with Crippen LogP contribution in [-0.4, -0.2) is 4.57 Å². The normalized spacial score (nSPS) is 11.5. The second kappa shape index (κ2) is 10.8. The van der Waals surface area contributed by atoms with Crippen LogP contribution >= 0.6 is 0 Å². The molecule has 0 aliphatic heterocycles. The van der Waals surface area contributed by atoms with E-state index >= 15 is 0 Å². The number of nitrogens with zero attached hydrogens (tertiary/aromatic N) is 2. The zero-order chi connectivity index (χ0) is 30.5. The Kier molecular flexibility index (Phi) is 6.17. The number of aromatic nitrogens is 1. The maximum Gasteiger partial charge on any atom is 0.0560 e. The van der Waals surface area contributed by atoms with Crippen LogP contribution in [0.25, 0.3) is 60.2 Å². The highest BCUT2D eigenvalue weighted by Gasteiger charge is 2.19. The highest BCUT2D eigenvalue weighted by atomic mass is 15.1. The first-order valence-corrected chi connectivity index (χ1v) is 15.8. The van der Waals surface area contributed by atoms with Gasteiger partial charge in [0.25, 0.3) is 0 Å². The topological polar surface area (TPSA) is 8.17 Å². The molecule has 0 radical (unpaired) electrons. The van der Waals surface area contributed by atoms with Gasteiger partial charge in [0, 0.05) is 33.2 Å². The highest BCUT2D eigenvalue weighted by molar-refractivity contribution is 6.14. The molecule has 0 aliphatic rings. The lowest BCUT2D eigenvalue weighted by Gasteiger charge is -2.28. The molecule has 2 heteroatoms. The van der Waals surface area contributed by atoms with Crippen molar-refractivity contribution >= 4 is 60.4 Å². The largest absolute Gasteiger partial charge is 0.310 e. The number of rotatable bonds is 5. The number of para-hydroxylation sites is 2. The van der Waals surface area contributed by atoms with Gasteiger partial charge in [-0.05, 0) is 81.9 Å². The van der Waals surface area contributed by atoms with Gasteiger partial charge in [-0.15, -0.1) is 0 Å². The molecule has 9 rings (SSSR count). The molecule has 0 saturated heterocycles. The SMILES string of the molecule is c1ccc(-c2ccc(N(c3ccccc3)c3cc(-n4c5ccccc5c5cc6ccccc6cc54)cc4ccccc34)cc2)cc1. The molecule has 1 heterocycles. The Morgan fingerprint density at radius 1 is 0.348 bits per heavy atom. The summed E-state index contributed by atoms with van der Waals surface area (Å²) in [5.41, 5.74) is 9.33. The van der Waals surface area contributed by atoms with Crippen molar-refractivity contribution < 1.29 is 0 Å². The van der Waals surface area contributed by atoms with E-state index in [4.69, 9.17) is 0 Å². The summed E-state index contributed by atoms with van der Waals surface area (Å²) in [7, 11) is 0. The van der Waals surface area contributed by atoms with Crippen molar-refractivity contribution in [1.29, 1.82) is 0 Å². The number of hydrogen-bond acceptors (Lipinski definition) is 1. The molecule has 0 amide bonds. The molecule has 9 aromatic rings. The average molecular weight is 587 g/mol. The van der Waals surface area contributed by atoms with E-state index in [0.29, 0.717) is 0 Å². The lowest BCUT2D eigenvalue weighted by Crippen LogP contribution is -2.11. The van der Waals surface area contributed by atoms with Crippen molar-refractivity contribution in [3.8, 4) is 16.8 Å². The van der Waals surface area contributed by atoms with Gasteiger partial charge >= 0.3 is 0 Å². The standard InChI is InChI=1S/C44H30N2/c1-3-13-31(14-4-1)32-23-25-37(26-24-32)45(36-18-5-2-6-19-36)44-30-38(27-35-17-9-10-20-39(35)44)46-42-22-12-11-21-40(42)41-28-33-15-7-8-16-34(33)29-43(41)46/h1-30H. The summed E-state index contributed by atoms with van der Waals surface area (Å²) < 4.78 is 2.44. The van der Waals surface area contributed by atoms with Crippen LogP contribution in [0.2, 0.25) is 0 Å². The van der Waals surface area contributed by atoms with Gasteiger partial charge in [0.15, 0.2) is 0 Å². The van der Waals surface area contributed by atoms with E-state index < -0.39 is 0 Å². The smallest absolute Gasteiger partial charge is 0.0560 e. The molecule has 0 fully saturated rings. The Balaban J connectivity index is 1.31. The summed E-state index contributed by atoms with van der Waals surface area (Å²) >= 11 is 0. The van der Waals surface area contributed by atoms with Crippen LogP contribution in [0.1, 0.15) is 0 Å². The first-order chi connectivity index (χ1) is 22.8. The van der Waals surface area contributed by atoms with Crippen molar-refractivity contribution in [2.45, 2.75) is 0 Å². The minimum absolute atomic E-state index is 1.11. The number of fused-ring (bicyclic) bond motifs is 5. The number of hydrogen-bond donors (Lipinski definition) is 0.